The summed E-state index contributed by atoms with van der Waals surface area (Å²) in [6.07, 6.45) is 3.33. The number of imidazole rings is 1. The number of H-pyrrole nitrogens is 2. The van der Waals surface area contributed by atoms with E-state index in [-0.39, 0.29) is 17.2 Å². The smallest absolute Gasteiger partial charge is 0.270 e. The fourth-order valence-corrected chi connectivity index (χ4v) is 2.21. The van der Waals surface area contributed by atoms with Gasteiger partial charge in [-0.05, 0) is 17.5 Å². The molecule has 2 N–H and O–H groups in total. The van der Waals surface area contributed by atoms with Gasteiger partial charge in [-0.15, -0.1) is 0 Å². The van der Waals surface area contributed by atoms with Crippen LogP contribution in [0.15, 0.2) is 47.5 Å². The minimum atomic E-state index is -0.261. The van der Waals surface area contributed by atoms with Gasteiger partial charge in [-0.25, -0.2) is 4.98 Å². The molecule has 3 rings (SSSR count). The summed E-state index contributed by atoms with van der Waals surface area (Å²) >= 11 is 0. The van der Waals surface area contributed by atoms with Crippen molar-refractivity contribution in [2.45, 2.75) is 6.54 Å². The lowest BCUT2D eigenvalue weighted by Crippen LogP contribution is -2.29. The van der Waals surface area contributed by atoms with E-state index < -0.39 is 0 Å². The van der Waals surface area contributed by atoms with Crippen molar-refractivity contribution >= 4 is 16.7 Å². The zero-order chi connectivity index (χ0) is 14.8. The van der Waals surface area contributed by atoms with Crippen LogP contribution < -0.4 is 5.56 Å². The van der Waals surface area contributed by atoms with E-state index in [1.54, 1.807) is 37.6 Å². The SMILES string of the molecule is CN(Cc1ncc[nH]1)C(=O)c1cc2ccccc2c(=O)[nH]1. The molecule has 0 fully saturated rings. The molecule has 0 spiro atoms. The summed E-state index contributed by atoms with van der Waals surface area (Å²) in [7, 11) is 1.67. The first-order chi connectivity index (χ1) is 10.1. The van der Waals surface area contributed by atoms with Crippen molar-refractivity contribution in [3.05, 3.63) is 64.6 Å². The van der Waals surface area contributed by atoms with Crippen molar-refractivity contribution in [2.75, 3.05) is 7.05 Å². The Kier molecular flexibility index (Phi) is 3.27. The molecule has 3 aromatic rings. The molecule has 2 aromatic heterocycles. The second-order valence-corrected chi connectivity index (χ2v) is 4.80. The number of carbonyl (C=O) groups is 1. The first-order valence-corrected chi connectivity index (χ1v) is 6.51. The molecule has 0 bridgehead atoms. The topological polar surface area (TPSA) is 81.8 Å². The normalized spacial score (nSPS) is 10.7. The Bertz CT molecular complexity index is 836. The van der Waals surface area contributed by atoms with Crippen LogP contribution in [0.5, 0.6) is 0 Å². The number of benzene rings is 1. The highest BCUT2D eigenvalue weighted by Crippen LogP contribution is 2.11. The standard InChI is InChI=1S/C15H14N4O2/c1-19(9-13-16-6-7-17-13)15(21)12-8-10-4-2-3-5-11(10)14(20)18-12/h2-8H,9H2,1H3,(H,16,17)(H,18,20). The molecule has 6 nitrogen and oxygen atoms in total. The van der Waals surface area contributed by atoms with E-state index >= 15 is 0 Å². The first kappa shape index (κ1) is 13.1. The van der Waals surface area contributed by atoms with Gasteiger partial charge in [-0.3, -0.25) is 9.59 Å². The molecular formula is C15H14N4O2. The predicted octanol–water partition coefficient (Wildman–Crippen LogP) is 1.52. The average molecular weight is 282 g/mol. The molecule has 2 heterocycles. The van der Waals surface area contributed by atoms with E-state index in [0.717, 1.165) is 5.39 Å². The van der Waals surface area contributed by atoms with Crippen molar-refractivity contribution in [3.63, 3.8) is 0 Å². The van der Waals surface area contributed by atoms with Crippen LogP contribution in [-0.2, 0) is 6.54 Å². The van der Waals surface area contributed by atoms with Crippen LogP contribution in [0.2, 0.25) is 0 Å². The van der Waals surface area contributed by atoms with Crippen LogP contribution in [0.4, 0.5) is 0 Å². The van der Waals surface area contributed by atoms with Gasteiger partial charge in [0.05, 0.1) is 6.54 Å². The molecule has 0 atom stereocenters. The molecule has 0 saturated heterocycles. The fraction of sp³-hybridized carbons (Fsp3) is 0.133. The lowest BCUT2D eigenvalue weighted by Gasteiger charge is -2.15. The Hall–Kier alpha value is -2.89. The van der Waals surface area contributed by atoms with Gasteiger partial charge in [0.2, 0.25) is 0 Å². The molecule has 0 unspecified atom stereocenters. The number of fused-ring (bicyclic) bond motifs is 1. The maximum atomic E-state index is 12.4. The number of carbonyl (C=O) groups excluding carboxylic acids is 1. The summed E-state index contributed by atoms with van der Waals surface area (Å²) in [6.45, 7) is 0.348. The number of aromatic amines is 2. The third kappa shape index (κ3) is 2.55. The fourth-order valence-electron chi connectivity index (χ4n) is 2.21. The number of amides is 1. The Balaban J connectivity index is 1.92. The molecule has 106 valence electrons. The molecule has 1 aromatic carbocycles. The maximum Gasteiger partial charge on any atom is 0.270 e. The zero-order valence-corrected chi connectivity index (χ0v) is 11.5. The Morgan fingerprint density at radius 2 is 2.14 bits per heavy atom. The molecule has 1 amide bonds. The summed E-state index contributed by atoms with van der Waals surface area (Å²) in [5.74, 6) is 0.434. The van der Waals surface area contributed by atoms with Gasteiger partial charge < -0.3 is 14.9 Å². The summed E-state index contributed by atoms with van der Waals surface area (Å²) < 4.78 is 0. The third-order valence-corrected chi connectivity index (χ3v) is 3.27. The van der Waals surface area contributed by atoms with E-state index in [1.807, 2.05) is 12.1 Å². The molecular weight excluding hydrogens is 268 g/mol. The van der Waals surface area contributed by atoms with E-state index in [1.165, 1.54) is 4.90 Å². The molecule has 0 aliphatic carbocycles. The predicted molar refractivity (Wildman–Crippen MR) is 79.0 cm³/mol. The van der Waals surface area contributed by atoms with Crippen molar-refractivity contribution in [1.82, 2.24) is 19.9 Å². The number of pyridine rings is 1. The number of hydrogen-bond acceptors (Lipinski definition) is 3. The number of nitrogens with one attached hydrogen (secondary N) is 2. The summed E-state index contributed by atoms with van der Waals surface area (Å²) in [5.41, 5.74) is 0.00982. The minimum absolute atomic E-state index is 0.255. The van der Waals surface area contributed by atoms with Crippen LogP contribution >= 0.6 is 0 Å². The second kappa shape index (κ2) is 5.24. The highest BCUT2D eigenvalue weighted by molar-refractivity contribution is 5.96. The first-order valence-electron chi connectivity index (χ1n) is 6.51. The van der Waals surface area contributed by atoms with Gasteiger partial charge >= 0.3 is 0 Å². The molecule has 0 saturated carbocycles. The van der Waals surface area contributed by atoms with Crippen molar-refractivity contribution in [1.29, 1.82) is 0 Å². The lowest BCUT2D eigenvalue weighted by molar-refractivity contribution is 0.0776. The number of nitrogens with zero attached hydrogens (tertiary/aromatic N) is 2. The van der Waals surface area contributed by atoms with Gasteiger partial charge in [0.15, 0.2) is 0 Å². The molecule has 0 aliphatic heterocycles. The zero-order valence-electron chi connectivity index (χ0n) is 11.5. The molecule has 0 aliphatic rings. The Labute approximate surface area is 120 Å². The highest BCUT2D eigenvalue weighted by Gasteiger charge is 2.15. The van der Waals surface area contributed by atoms with Gasteiger partial charge in [0, 0.05) is 24.8 Å². The van der Waals surface area contributed by atoms with Crippen molar-refractivity contribution in [2.24, 2.45) is 0 Å². The van der Waals surface area contributed by atoms with E-state index in [2.05, 4.69) is 15.0 Å². The third-order valence-electron chi connectivity index (χ3n) is 3.27. The molecule has 6 heteroatoms. The van der Waals surface area contributed by atoms with Crippen LogP contribution in [0.3, 0.4) is 0 Å². The maximum absolute atomic E-state index is 12.4. The summed E-state index contributed by atoms with van der Waals surface area (Å²) in [6, 6.07) is 8.87. The van der Waals surface area contributed by atoms with Crippen molar-refractivity contribution in [3.8, 4) is 0 Å². The Morgan fingerprint density at radius 1 is 1.33 bits per heavy atom. The summed E-state index contributed by atoms with van der Waals surface area (Å²) in [5, 5.41) is 1.32. The van der Waals surface area contributed by atoms with Crippen LogP contribution in [0.1, 0.15) is 16.3 Å². The quantitative estimate of drug-likeness (QED) is 0.764. The van der Waals surface area contributed by atoms with E-state index in [0.29, 0.717) is 17.8 Å². The highest BCUT2D eigenvalue weighted by atomic mass is 16.2. The second-order valence-electron chi connectivity index (χ2n) is 4.80. The van der Waals surface area contributed by atoms with Gasteiger partial charge in [0.25, 0.3) is 11.5 Å². The number of hydrogen-bond donors (Lipinski definition) is 2. The van der Waals surface area contributed by atoms with Crippen LogP contribution in [-0.4, -0.2) is 32.8 Å². The van der Waals surface area contributed by atoms with Crippen molar-refractivity contribution < 1.29 is 4.79 Å². The van der Waals surface area contributed by atoms with Gasteiger partial charge in [-0.2, -0.15) is 0 Å². The van der Waals surface area contributed by atoms with Crippen LogP contribution in [0, 0.1) is 0 Å². The van der Waals surface area contributed by atoms with Gasteiger partial charge in [0.1, 0.15) is 11.5 Å². The Morgan fingerprint density at radius 3 is 2.90 bits per heavy atom. The largest absolute Gasteiger partial charge is 0.347 e. The summed E-state index contributed by atoms with van der Waals surface area (Å²) in [4.78, 5) is 35.5. The monoisotopic (exact) mass is 282 g/mol. The average Bonchev–Trinajstić information content (AvgIpc) is 2.99. The minimum Gasteiger partial charge on any atom is -0.347 e. The molecule has 0 radical (unpaired) electrons. The number of aromatic nitrogens is 3. The molecule has 21 heavy (non-hydrogen) atoms. The van der Waals surface area contributed by atoms with E-state index in [9.17, 15) is 9.59 Å². The van der Waals surface area contributed by atoms with Gasteiger partial charge in [-0.1, -0.05) is 18.2 Å². The van der Waals surface area contributed by atoms with E-state index in [4.69, 9.17) is 0 Å². The lowest BCUT2D eigenvalue weighted by atomic mass is 10.1. The van der Waals surface area contributed by atoms with Crippen LogP contribution in [0.25, 0.3) is 10.8 Å². The number of rotatable bonds is 3.